The topological polar surface area (TPSA) is 54.5 Å². The minimum atomic E-state index is -0.308. The highest BCUT2D eigenvalue weighted by molar-refractivity contribution is 7.99. The summed E-state index contributed by atoms with van der Waals surface area (Å²) in [5.74, 6) is 1.76. The zero-order valence-corrected chi connectivity index (χ0v) is 18.0. The zero-order valence-electron chi connectivity index (χ0n) is 17.2. The lowest BCUT2D eigenvalue weighted by Crippen LogP contribution is -2.37. The minimum Gasteiger partial charge on any atom is -0.378 e. The lowest BCUT2D eigenvalue weighted by atomic mass is 10.1. The maximum absolute atomic E-state index is 13.4. The fourth-order valence-electron chi connectivity index (χ4n) is 3.13. The maximum Gasteiger partial charge on any atom is 0.254 e. The highest BCUT2D eigenvalue weighted by Crippen LogP contribution is 2.29. The molecule has 1 saturated heterocycles. The Hall–Kier alpha value is -2.12. The summed E-state index contributed by atoms with van der Waals surface area (Å²) in [7, 11) is 0. The van der Waals surface area contributed by atoms with Crippen LogP contribution in [0.1, 0.15) is 35.3 Å². The first-order valence-electron chi connectivity index (χ1n) is 9.94. The smallest absolute Gasteiger partial charge is 0.254 e. The molecule has 0 unspecified atom stereocenters. The van der Waals surface area contributed by atoms with Crippen LogP contribution >= 0.6 is 11.8 Å². The molecule has 1 aliphatic rings. The van der Waals surface area contributed by atoms with Gasteiger partial charge in [-0.2, -0.15) is 0 Å². The second-order valence-corrected chi connectivity index (χ2v) is 8.60. The van der Waals surface area contributed by atoms with Crippen LogP contribution in [0, 0.1) is 18.7 Å². The Bertz CT molecular complexity index is 854. The summed E-state index contributed by atoms with van der Waals surface area (Å²) in [5, 5.41) is 3.66. The normalized spacial score (nSPS) is 14.3. The number of hydrogen-bond acceptors (Lipinski definition) is 5. The number of ether oxygens (including phenoxy) is 1. The number of thioether (sulfide) groups is 1. The molecule has 156 valence electrons. The molecule has 0 aliphatic carbocycles. The van der Waals surface area contributed by atoms with Crippen LogP contribution in [0.15, 0.2) is 35.4 Å². The van der Waals surface area contributed by atoms with E-state index in [4.69, 9.17) is 9.72 Å². The molecule has 5 nitrogen and oxygen atoms in total. The average Bonchev–Trinajstić information content (AvgIpc) is 2.71. The standard InChI is InChI=1S/C22H28FN3O2S/c1-15(2)14-29-22-20(21(27)24-13-17-5-4-6-18(23)12-17)16(3)11-19(25-22)26-7-9-28-10-8-26/h4-6,11-12,15H,7-10,13-14H2,1-3H3,(H,24,27). The molecular formula is C22H28FN3O2S. The van der Waals surface area contributed by atoms with Crippen molar-refractivity contribution in [1.82, 2.24) is 10.3 Å². The van der Waals surface area contributed by atoms with Gasteiger partial charge >= 0.3 is 0 Å². The number of pyridine rings is 1. The molecule has 29 heavy (non-hydrogen) atoms. The summed E-state index contributed by atoms with van der Waals surface area (Å²) in [4.78, 5) is 20.0. The van der Waals surface area contributed by atoms with E-state index in [0.717, 1.165) is 40.8 Å². The van der Waals surface area contributed by atoms with E-state index in [-0.39, 0.29) is 18.3 Å². The number of aromatic nitrogens is 1. The fourth-order valence-corrected chi connectivity index (χ4v) is 4.17. The first-order valence-corrected chi connectivity index (χ1v) is 10.9. The van der Waals surface area contributed by atoms with Gasteiger partial charge in [-0.25, -0.2) is 9.37 Å². The van der Waals surface area contributed by atoms with Crippen molar-refractivity contribution in [3.63, 3.8) is 0 Å². The average molecular weight is 418 g/mol. The number of amides is 1. The number of benzene rings is 1. The summed E-state index contributed by atoms with van der Waals surface area (Å²) in [6, 6.07) is 8.24. The number of morpholine rings is 1. The number of hydrogen-bond donors (Lipinski definition) is 1. The van der Waals surface area contributed by atoms with Gasteiger partial charge in [-0.15, -0.1) is 11.8 Å². The van der Waals surface area contributed by atoms with Crippen LogP contribution in [0.2, 0.25) is 0 Å². The highest BCUT2D eigenvalue weighted by atomic mass is 32.2. The summed E-state index contributed by atoms with van der Waals surface area (Å²) >= 11 is 1.61. The van der Waals surface area contributed by atoms with E-state index in [1.807, 2.05) is 13.0 Å². The van der Waals surface area contributed by atoms with Gasteiger partial charge < -0.3 is 15.0 Å². The third-order valence-electron chi connectivity index (χ3n) is 4.63. The molecule has 1 fully saturated rings. The number of carbonyl (C=O) groups is 1. The van der Waals surface area contributed by atoms with Crippen LogP contribution in [0.25, 0.3) is 0 Å². The van der Waals surface area contributed by atoms with E-state index in [1.54, 1.807) is 23.9 Å². The van der Waals surface area contributed by atoms with Gasteiger partial charge in [-0.1, -0.05) is 26.0 Å². The molecule has 1 amide bonds. The van der Waals surface area contributed by atoms with Gasteiger partial charge in [0.15, 0.2) is 0 Å². The molecule has 0 radical (unpaired) electrons. The van der Waals surface area contributed by atoms with E-state index in [2.05, 4.69) is 24.1 Å². The second kappa shape index (κ2) is 10.1. The van der Waals surface area contributed by atoms with Crippen LogP contribution in [0.5, 0.6) is 0 Å². The summed E-state index contributed by atoms with van der Waals surface area (Å²) < 4.78 is 18.8. The summed E-state index contributed by atoms with van der Waals surface area (Å²) in [6.45, 7) is 9.48. The Balaban J connectivity index is 1.83. The molecule has 0 spiro atoms. The van der Waals surface area contributed by atoms with Gasteiger partial charge in [0, 0.05) is 25.4 Å². The van der Waals surface area contributed by atoms with E-state index < -0.39 is 0 Å². The zero-order chi connectivity index (χ0) is 20.8. The molecule has 7 heteroatoms. The number of halogens is 1. The van der Waals surface area contributed by atoms with Gasteiger partial charge in [0.1, 0.15) is 16.7 Å². The van der Waals surface area contributed by atoms with Crippen LogP contribution < -0.4 is 10.2 Å². The number of nitrogens with zero attached hydrogens (tertiary/aromatic N) is 2. The third-order valence-corrected chi connectivity index (χ3v) is 6.03. The van der Waals surface area contributed by atoms with Gasteiger partial charge in [0.2, 0.25) is 0 Å². The first-order chi connectivity index (χ1) is 13.9. The molecule has 0 bridgehead atoms. The fraction of sp³-hybridized carbons (Fsp3) is 0.455. The Morgan fingerprint density at radius 1 is 1.31 bits per heavy atom. The molecule has 1 aliphatic heterocycles. The molecule has 1 aromatic carbocycles. The molecule has 2 aromatic rings. The van der Waals surface area contributed by atoms with Crippen molar-refractivity contribution >= 4 is 23.5 Å². The van der Waals surface area contributed by atoms with E-state index in [9.17, 15) is 9.18 Å². The van der Waals surface area contributed by atoms with Crippen molar-refractivity contribution in [3.05, 3.63) is 52.8 Å². The molecule has 1 aromatic heterocycles. The van der Waals surface area contributed by atoms with Crippen molar-refractivity contribution in [3.8, 4) is 0 Å². The molecular weight excluding hydrogens is 389 g/mol. The first kappa shape index (κ1) is 21.6. The van der Waals surface area contributed by atoms with Gasteiger partial charge in [-0.3, -0.25) is 4.79 Å². The Labute approximate surface area is 176 Å². The van der Waals surface area contributed by atoms with Gasteiger partial charge in [0.25, 0.3) is 5.91 Å². The lowest BCUT2D eigenvalue weighted by molar-refractivity contribution is 0.0946. The Kier molecular flexibility index (Phi) is 7.50. The lowest BCUT2D eigenvalue weighted by Gasteiger charge is -2.29. The minimum absolute atomic E-state index is 0.181. The number of nitrogens with one attached hydrogen (secondary N) is 1. The number of anilines is 1. The van der Waals surface area contributed by atoms with Crippen LogP contribution in [-0.2, 0) is 11.3 Å². The van der Waals surface area contributed by atoms with E-state index >= 15 is 0 Å². The van der Waals surface area contributed by atoms with Crippen molar-refractivity contribution in [1.29, 1.82) is 0 Å². The maximum atomic E-state index is 13.4. The molecule has 0 atom stereocenters. The highest BCUT2D eigenvalue weighted by Gasteiger charge is 2.21. The largest absolute Gasteiger partial charge is 0.378 e. The van der Waals surface area contributed by atoms with Crippen LogP contribution in [0.3, 0.4) is 0 Å². The quantitative estimate of drug-likeness (QED) is 0.689. The van der Waals surface area contributed by atoms with E-state index in [1.165, 1.54) is 12.1 Å². The molecule has 3 rings (SSSR count). The van der Waals surface area contributed by atoms with Crippen molar-refractivity contribution in [2.24, 2.45) is 5.92 Å². The Morgan fingerprint density at radius 2 is 2.07 bits per heavy atom. The van der Waals surface area contributed by atoms with Crippen molar-refractivity contribution in [2.45, 2.75) is 32.3 Å². The molecule has 1 N–H and O–H groups in total. The molecule has 2 heterocycles. The van der Waals surface area contributed by atoms with Crippen LogP contribution in [0.4, 0.5) is 10.2 Å². The SMILES string of the molecule is Cc1cc(N2CCOCC2)nc(SCC(C)C)c1C(=O)NCc1cccc(F)c1. The van der Waals surface area contributed by atoms with E-state index in [0.29, 0.717) is 24.7 Å². The predicted octanol–water partition coefficient (Wildman–Crippen LogP) is 4.04. The number of carbonyl (C=O) groups excluding carboxylic acids is 1. The summed E-state index contributed by atoms with van der Waals surface area (Å²) in [6.07, 6.45) is 0. The molecule has 0 saturated carbocycles. The third kappa shape index (κ3) is 5.93. The predicted molar refractivity (Wildman–Crippen MR) is 115 cm³/mol. The van der Waals surface area contributed by atoms with Crippen molar-refractivity contribution in [2.75, 3.05) is 37.0 Å². The van der Waals surface area contributed by atoms with Gasteiger partial charge in [-0.05, 0) is 42.2 Å². The van der Waals surface area contributed by atoms with Gasteiger partial charge in [0.05, 0.1) is 18.8 Å². The Morgan fingerprint density at radius 3 is 2.76 bits per heavy atom. The monoisotopic (exact) mass is 417 g/mol. The second-order valence-electron chi connectivity index (χ2n) is 7.59. The van der Waals surface area contributed by atoms with Crippen LogP contribution in [-0.4, -0.2) is 42.9 Å². The van der Waals surface area contributed by atoms with Crippen molar-refractivity contribution < 1.29 is 13.9 Å². The number of aryl methyl sites for hydroxylation is 1. The summed E-state index contributed by atoms with van der Waals surface area (Å²) in [5.41, 5.74) is 2.22. The number of rotatable bonds is 7.